The van der Waals surface area contributed by atoms with Crippen LogP contribution in [0.5, 0.6) is 0 Å². The van der Waals surface area contributed by atoms with E-state index in [1.165, 1.54) is 12.1 Å². The largest absolute Gasteiger partial charge is 0.481 e. The SMILES string of the molecule is CC(NC(=O)C1CCC(C(=O)O)CC1)c1ccc(F)c(Cl)c1. The van der Waals surface area contributed by atoms with Crippen molar-refractivity contribution in [2.75, 3.05) is 0 Å². The summed E-state index contributed by atoms with van der Waals surface area (Å²) in [4.78, 5) is 23.2. The molecule has 1 aliphatic rings. The Labute approximate surface area is 133 Å². The lowest BCUT2D eigenvalue weighted by molar-refractivity contribution is -0.144. The minimum Gasteiger partial charge on any atom is -0.481 e. The zero-order valence-corrected chi connectivity index (χ0v) is 13.1. The molecule has 0 aliphatic heterocycles. The molecule has 1 fully saturated rings. The summed E-state index contributed by atoms with van der Waals surface area (Å²) < 4.78 is 13.2. The van der Waals surface area contributed by atoms with Crippen LogP contribution in [-0.2, 0) is 9.59 Å². The van der Waals surface area contributed by atoms with Crippen LogP contribution in [0.1, 0.15) is 44.2 Å². The van der Waals surface area contributed by atoms with E-state index in [1.54, 1.807) is 6.07 Å². The minimum atomic E-state index is -0.784. The third kappa shape index (κ3) is 3.97. The van der Waals surface area contributed by atoms with Crippen LogP contribution < -0.4 is 5.32 Å². The highest BCUT2D eigenvalue weighted by molar-refractivity contribution is 6.30. The molecule has 1 atom stereocenters. The van der Waals surface area contributed by atoms with E-state index in [0.717, 1.165) is 5.56 Å². The van der Waals surface area contributed by atoms with Gasteiger partial charge in [0.15, 0.2) is 0 Å². The predicted molar refractivity (Wildman–Crippen MR) is 81.1 cm³/mol. The molecule has 6 heteroatoms. The van der Waals surface area contributed by atoms with Gasteiger partial charge in [-0.25, -0.2) is 4.39 Å². The van der Waals surface area contributed by atoms with Gasteiger partial charge >= 0.3 is 5.97 Å². The zero-order chi connectivity index (χ0) is 16.3. The lowest BCUT2D eigenvalue weighted by atomic mass is 9.81. The van der Waals surface area contributed by atoms with Gasteiger partial charge in [-0.2, -0.15) is 0 Å². The quantitative estimate of drug-likeness (QED) is 0.888. The van der Waals surface area contributed by atoms with Crippen molar-refractivity contribution in [3.05, 3.63) is 34.6 Å². The van der Waals surface area contributed by atoms with Crippen molar-refractivity contribution < 1.29 is 19.1 Å². The van der Waals surface area contributed by atoms with Crippen LogP contribution in [0.25, 0.3) is 0 Å². The van der Waals surface area contributed by atoms with E-state index in [-0.39, 0.29) is 28.8 Å². The van der Waals surface area contributed by atoms with E-state index in [9.17, 15) is 14.0 Å². The van der Waals surface area contributed by atoms with Crippen LogP contribution in [0.2, 0.25) is 5.02 Å². The normalized spacial score (nSPS) is 22.9. The molecule has 1 aromatic rings. The van der Waals surface area contributed by atoms with Crippen molar-refractivity contribution in [1.82, 2.24) is 5.32 Å². The number of hydrogen-bond donors (Lipinski definition) is 2. The van der Waals surface area contributed by atoms with E-state index in [1.807, 2.05) is 6.92 Å². The lowest BCUT2D eigenvalue weighted by Gasteiger charge is -2.26. The standard InChI is InChI=1S/C16H19ClFNO3/c1-9(12-6-7-14(18)13(17)8-12)19-15(20)10-2-4-11(5-3-10)16(21)22/h6-11H,2-5H2,1H3,(H,19,20)(H,21,22). The fourth-order valence-electron chi connectivity index (χ4n) is 2.80. The van der Waals surface area contributed by atoms with Crippen molar-refractivity contribution in [2.24, 2.45) is 11.8 Å². The Hall–Kier alpha value is -1.62. The molecular formula is C16H19ClFNO3. The molecule has 0 radical (unpaired) electrons. The van der Waals surface area contributed by atoms with Crippen LogP contribution in [0.15, 0.2) is 18.2 Å². The van der Waals surface area contributed by atoms with Gasteiger partial charge in [0.25, 0.3) is 0 Å². The molecule has 1 amide bonds. The Kier molecular flexibility index (Phi) is 5.40. The van der Waals surface area contributed by atoms with Gasteiger partial charge in [0.05, 0.1) is 17.0 Å². The van der Waals surface area contributed by atoms with E-state index < -0.39 is 11.8 Å². The summed E-state index contributed by atoms with van der Waals surface area (Å²) in [7, 11) is 0. The topological polar surface area (TPSA) is 66.4 Å². The number of aliphatic carboxylic acids is 1. The number of halogens is 2. The van der Waals surface area contributed by atoms with Crippen LogP contribution in [0.4, 0.5) is 4.39 Å². The molecule has 1 aliphatic carbocycles. The number of rotatable bonds is 4. The van der Waals surface area contributed by atoms with Gasteiger partial charge in [0.1, 0.15) is 5.82 Å². The molecule has 2 rings (SSSR count). The molecule has 120 valence electrons. The molecular weight excluding hydrogens is 309 g/mol. The number of carbonyl (C=O) groups excluding carboxylic acids is 1. The van der Waals surface area contributed by atoms with Crippen molar-refractivity contribution in [2.45, 2.75) is 38.6 Å². The summed E-state index contributed by atoms with van der Waals surface area (Å²) >= 11 is 5.75. The monoisotopic (exact) mass is 327 g/mol. The molecule has 22 heavy (non-hydrogen) atoms. The molecule has 0 spiro atoms. The van der Waals surface area contributed by atoms with Crippen molar-refractivity contribution in [1.29, 1.82) is 0 Å². The number of amides is 1. The first-order chi connectivity index (χ1) is 10.4. The van der Waals surface area contributed by atoms with Crippen molar-refractivity contribution in [3.63, 3.8) is 0 Å². The molecule has 2 N–H and O–H groups in total. The van der Waals surface area contributed by atoms with Crippen LogP contribution in [-0.4, -0.2) is 17.0 Å². The maximum atomic E-state index is 13.2. The summed E-state index contributed by atoms with van der Waals surface area (Å²) in [5, 5.41) is 11.9. The molecule has 1 aromatic carbocycles. The number of nitrogens with one attached hydrogen (secondary N) is 1. The van der Waals surface area contributed by atoms with Gasteiger partial charge in [-0.1, -0.05) is 17.7 Å². The summed E-state index contributed by atoms with van der Waals surface area (Å²) in [6, 6.07) is 4.09. The van der Waals surface area contributed by atoms with E-state index >= 15 is 0 Å². The molecule has 1 saturated carbocycles. The Morgan fingerprint density at radius 2 is 1.86 bits per heavy atom. The Balaban J connectivity index is 1.91. The number of hydrogen-bond acceptors (Lipinski definition) is 2. The van der Waals surface area contributed by atoms with Gasteiger partial charge in [0.2, 0.25) is 5.91 Å². The molecule has 0 heterocycles. The zero-order valence-electron chi connectivity index (χ0n) is 12.3. The fraction of sp³-hybridized carbons (Fsp3) is 0.500. The van der Waals surface area contributed by atoms with E-state index in [0.29, 0.717) is 25.7 Å². The molecule has 0 aromatic heterocycles. The number of benzene rings is 1. The lowest BCUT2D eigenvalue weighted by Crippen LogP contribution is -2.35. The number of carboxylic acids is 1. The second-order valence-electron chi connectivity index (χ2n) is 5.79. The third-order valence-electron chi connectivity index (χ3n) is 4.25. The van der Waals surface area contributed by atoms with Gasteiger partial charge in [-0.05, 0) is 50.3 Å². The average Bonchev–Trinajstić information content (AvgIpc) is 2.50. The van der Waals surface area contributed by atoms with Crippen LogP contribution in [0, 0.1) is 17.7 Å². The van der Waals surface area contributed by atoms with E-state index in [2.05, 4.69) is 5.32 Å². The fourth-order valence-corrected chi connectivity index (χ4v) is 2.99. The molecule has 4 nitrogen and oxygen atoms in total. The molecule has 0 saturated heterocycles. The summed E-state index contributed by atoms with van der Waals surface area (Å²) in [5.41, 5.74) is 0.735. The second-order valence-corrected chi connectivity index (χ2v) is 6.20. The predicted octanol–water partition coefficient (Wildman–Crippen LogP) is 3.55. The highest BCUT2D eigenvalue weighted by Gasteiger charge is 2.30. The second kappa shape index (κ2) is 7.09. The Morgan fingerprint density at radius 3 is 2.41 bits per heavy atom. The van der Waals surface area contributed by atoms with E-state index in [4.69, 9.17) is 16.7 Å². The maximum Gasteiger partial charge on any atom is 0.306 e. The van der Waals surface area contributed by atoms with Crippen molar-refractivity contribution >= 4 is 23.5 Å². The first-order valence-electron chi connectivity index (χ1n) is 7.36. The van der Waals surface area contributed by atoms with Crippen LogP contribution >= 0.6 is 11.6 Å². The maximum absolute atomic E-state index is 13.2. The van der Waals surface area contributed by atoms with Crippen molar-refractivity contribution in [3.8, 4) is 0 Å². The van der Waals surface area contributed by atoms with Gasteiger partial charge in [-0.15, -0.1) is 0 Å². The summed E-state index contributed by atoms with van der Waals surface area (Å²) in [6.45, 7) is 1.81. The average molecular weight is 328 g/mol. The number of carbonyl (C=O) groups is 2. The number of carboxylic acid groups (broad SMARTS) is 1. The third-order valence-corrected chi connectivity index (χ3v) is 4.54. The molecule has 1 unspecified atom stereocenters. The van der Waals surface area contributed by atoms with Gasteiger partial charge in [-0.3, -0.25) is 9.59 Å². The van der Waals surface area contributed by atoms with Gasteiger partial charge in [0, 0.05) is 5.92 Å². The highest BCUT2D eigenvalue weighted by Crippen LogP contribution is 2.30. The molecule has 0 bridgehead atoms. The minimum absolute atomic E-state index is 0.0283. The Bertz CT molecular complexity index is 571. The Morgan fingerprint density at radius 1 is 1.27 bits per heavy atom. The first-order valence-corrected chi connectivity index (χ1v) is 7.74. The van der Waals surface area contributed by atoms with Gasteiger partial charge < -0.3 is 10.4 Å². The highest BCUT2D eigenvalue weighted by atomic mass is 35.5. The van der Waals surface area contributed by atoms with Crippen LogP contribution in [0.3, 0.4) is 0 Å². The summed E-state index contributed by atoms with van der Waals surface area (Å²) in [6.07, 6.45) is 2.23. The smallest absolute Gasteiger partial charge is 0.306 e. The first kappa shape index (κ1) is 16.7. The summed E-state index contributed by atoms with van der Waals surface area (Å²) in [5.74, 6) is -1.85.